The Kier molecular flexibility index (Phi) is 11.9. The molecule has 0 aliphatic heterocycles. The molecule has 0 spiro atoms. The summed E-state index contributed by atoms with van der Waals surface area (Å²) in [5.74, 6) is 0.110. The van der Waals surface area contributed by atoms with Crippen molar-refractivity contribution in [1.29, 1.82) is 0 Å². The number of benzene rings is 5. The molecule has 0 amide bonds. The summed E-state index contributed by atoms with van der Waals surface area (Å²) in [5, 5.41) is 0. The molecule has 1 unspecified atom stereocenters. The number of methoxy groups -OCH3 is 2. The SMILES string of the molecule is COC(=O)c1ccc(CCC(C=Cc2ccccc2OCc2ccc(-c3ccc(C(F)(F)F)cc3)cc2)Cc2ccc(C(=O)OC)cc2)cc1. The smallest absolute Gasteiger partial charge is 0.416 e. The molecule has 0 fully saturated rings. The van der Waals surface area contributed by atoms with Crippen molar-refractivity contribution in [2.24, 2.45) is 5.92 Å². The van der Waals surface area contributed by atoms with Gasteiger partial charge in [0.25, 0.3) is 0 Å². The summed E-state index contributed by atoms with van der Waals surface area (Å²) < 4.78 is 54.7. The van der Waals surface area contributed by atoms with Crippen LogP contribution in [0.15, 0.2) is 127 Å². The molecule has 5 rings (SSSR count). The van der Waals surface area contributed by atoms with Crippen LogP contribution < -0.4 is 4.74 Å². The highest BCUT2D eigenvalue weighted by Gasteiger charge is 2.30. The molecule has 0 bridgehead atoms. The van der Waals surface area contributed by atoms with Crippen LogP contribution in [-0.2, 0) is 35.1 Å². The van der Waals surface area contributed by atoms with E-state index in [0.717, 1.165) is 65.0 Å². The molecular formula is C42H37F3O5. The summed E-state index contributed by atoms with van der Waals surface area (Å²) in [6.45, 7) is 0.315. The Hall–Kier alpha value is -5.63. The first-order valence-corrected chi connectivity index (χ1v) is 16.1. The van der Waals surface area contributed by atoms with Crippen LogP contribution in [0.4, 0.5) is 13.2 Å². The average Bonchev–Trinajstić information content (AvgIpc) is 3.15. The van der Waals surface area contributed by atoms with Gasteiger partial charge in [-0.05, 0) is 95.5 Å². The van der Waals surface area contributed by atoms with Crippen molar-refractivity contribution in [2.75, 3.05) is 14.2 Å². The maximum atomic E-state index is 12.9. The van der Waals surface area contributed by atoms with Crippen molar-refractivity contribution in [3.63, 3.8) is 0 Å². The number of rotatable bonds is 13. The summed E-state index contributed by atoms with van der Waals surface area (Å²) in [6, 6.07) is 35.3. The van der Waals surface area contributed by atoms with E-state index in [4.69, 9.17) is 14.2 Å². The Morgan fingerprint density at radius 1 is 0.660 bits per heavy atom. The predicted molar refractivity (Wildman–Crippen MR) is 188 cm³/mol. The number of carbonyl (C=O) groups is 2. The zero-order chi connectivity index (χ0) is 35.5. The van der Waals surface area contributed by atoms with Gasteiger partial charge in [0, 0.05) is 5.56 Å². The third-order valence-electron chi connectivity index (χ3n) is 8.41. The van der Waals surface area contributed by atoms with Gasteiger partial charge in [-0.3, -0.25) is 0 Å². The molecule has 0 radical (unpaired) electrons. The second-order valence-corrected chi connectivity index (χ2v) is 11.8. The first-order valence-electron chi connectivity index (χ1n) is 16.1. The van der Waals surface area contributed by atoms with E-state index in [1.165, 1.54) is 26.4 Å². The number of esters is 2. The maximum Gasteiger partial charge on any atom is 0.416 e. The summed E-state index contributed by atoms with van der Waals surface area (Å²) in [7, 11) is 2.72. The van der Waals surface area contributed by atoms with Crippen LogP contribution in [0.1, 0.15) is 55.0 Å². The van der Waals surface area contributed by atoms with Crippen molar-refractivity contribution in [3.8, 4) is 16.9 Å². The minimum absolute atomic E-state index is 0.144. The van der Waals surface area contributed by atoms with E-state index in [0.29, 0.717) is 23.3 Å². The molecule has 50 heavy (non-hydrogen) atoms. The second-order valence-electron chi connectivity index (χ2n) is 11.8. The third kappa shape index (κ3) is 9.72. The zero-order valence-electron chi connectivity index (χ0n) is 27.8. The lowest BCUT2D eigenvalue weighted by molar-refractivity contribution is -0.137. The molecule has 5 nitrogen and oxygen atoms in total. The number of para-hydroxylation sites is 1. The van der Waals surface area contributed by atoms with Gasteiger partial charge in [-0.2, -0.15) is 13.2 Å². The van der Waals surface area contributed by atoms with Gasteiger partial charge in [0.15, 0.2) is 0 Å². The molecule has 256 valence electrons. The fourth-order valence-corrected chi connectivity index (χ4v) is 5.54. The van der Waals surface area contributed by atoms with E-state index < -0.39 is 11.7 Å². The van der Waals surface area contributed by atoms with Crippen molar-refractivity contribution in [2.45, 2.75) is 32.0 Å². The lowest BCUT2D eigenvalue weighted by atomic mass is 9.91. The van der Waals surface area contributed by atoms with Crippen molar-refractivity contribution in [1.82, 2.24) is 0 Å². The third-order valence-corrected chi connectivity index (χ3v) is 8.41. The number of hydrogen-bond acceptors (Lipinski definition) is 5. The van der Waals surface area contributed by atoms with Crippen molar-refractivity contribution in [3.05, 3.63) is 166 Å². The Morgan fingerprint density at radius 3 is 1.74 bits per heavy atom. The number of allylic oxidation sites excluding steroid dienone is 1. The molecule has 0 aliphatic rings. The van der Waals surface area contributed by atoms with Crippen LogP contribution in [0.3, 0.4) is 0 Å². The first-order chi connectivity index (χ1) is 24.1. The molecule has 8 heteroatoms. The normalized spacial score (nSPS) is 12.0. The number of carbonyl (C=O) groups excluding carboxylic acids is 2. The van der Waals surface area contributed by atoms with Gasteiger partial charge >= 0.3 is 18.1 Å². The molecule has 5 aromatic carbocycles. The van der Waals surface area contributed by atoms with Gasteiger partial charge in [-0.15, -0.1) is 0 Å². The van der Waals surface area contributed by atoms with Gasteiger partial charge in [-0.1, -0.05) is 91.0 Å². The fourth-order valence-electron chi connectivity index (χ4n) is 5.54. The van der Waals surface area contributed by atoms with Crippen LogP contribution in [0.2, 0.25) is 0 Å². The summed E-state index contributed by atoms with van der Waals surface area (Å²) in [4.78, 5) is 23.8. The van der Waals surface area contributed by atoms with Crippen LogP contribution in [0.25, 0.3) is 17.2 Å². The van der Waals surface area contributed by atoms with Gasteiger partial charge in [0.05, 0.1) is 30.9 Å². The molecule has 0 N–H and O–H groups in total. The molecule has 0 saturated heterocycles. The fraction of sp³-hybridized carbons (Fsp3) is 0.190. The monoisotopic (exact) mass is 678 g/mol. The lowest BCUT2D eigenvalue weighted by Gasteiger charge is -2.15. The van der Waals surface area contributed by atoms with E-state index in [9.17, 15) is 22.8 Å². The van der Waals surface area contributed by atoms with Crippen LogP contribution in [0.5, 0.6) is 5.75 Å². The molecular weight excluding hydrogens is 641 g/mol. The minimum Gasteiger partial charge on any atom is -0.488 e. The summed E-state index contributed by atoms with van der Waals surface area (Å²) in [5.41, 5.74) is 5.87. The van der Waals surface area contributed by atoms with E-state index >= 15 is 0 Å². The summed E-state index contributed by atoms with van der Waals surface area (Å²) in [6.07, 6.45) is 2.24. The number of halogens is 3. The van der Waals surface area contributed by atoms with E-state index in [2.05, 4.69) is 12.2 Å². The van der Waals surface area contributed by atoms with Crippen molar-refractivity contribution >= 4 is 18.0 Å². The van der Waals surface area contributed by atoms with Crippen molar-refractivity contribution < 1.29 is 37.0 Å². The van der Waals surface area contributed by atoms with Gasteiger partial charge in [-0.25, -0.2) is 9.59 Å². The van der Waals surface area contributed by atoms with Gasteiger partial charge in [0.2, 0.25) is 0 Å². The Bertz CT molecular complexity index is 1890. The quantitative estimate of drug-likeness (QED) is 0.116. The topological polar surface area (TPSA) is 61.8 Å². The zero-order valence-corrected chi connectivity index (χ0v) is 27.8. The molecule has 5 aromatic rings. The largest absolute Gasteiger partial charge is 0.488 e. The van der Waals surface area contributed by atoms with E-state index in [1.807, 2.05) is 72.8 Å². The molecule has 1 atom stereocenters. The Balaban J connectivity index is 1.27. The lowest BCUT2D eigenvalue weighted by Crippen LogP contribution is -2.06. The van der Waals surface area contributed by atoms with Gasteiger partial charge in [0.1, 0.15) is 12.4 Å². The van der Waals surface area contributed by atoms with Crippen LogP contribution in [0, 0.1) is 5.92 Å². The van der Waals surface area contributed by atoms with E-state index in [-0.39, 0.29) is 17.9 Å². The maximum absolute atomic E-state index is 12.9. The molecule has 0 heterocycles. The minimum atomic E-state index is -4.37. The Labute approximate surface area is 290 Å². The number of ether oxygens (including phenoxy) is 3. The highest BCUT2D eigenvalue weighted by Crippen LogP contribution is 2.31. The predicted octanol–water partition coefficient (Wildman–Crippen LogP) is 10.0. The van der Waals surface area contributed by atoms with Crippen LogP contribution in [-0.4, -0.2) is 26.2 Å². The summed E-state index contributed by atoms with van der Waals surface area (Å²) >= 11 is 0. The van der Waals surface area contributed by atoms with Gasteiger partial charge < -0.3 is 14.2 Å². The second kappa shape index (κ2) is 16.7. The molecule has 0 aromatic heterocycles. The molecule has 0 saturated carbocycles. The first kappa shape index (κ1) is 35.7. The highest BCUT2D eigenvalue weighted by molar-refractivity contribution is 5.89. The number of aryl methyl sites for hydroxylation is 1. The standard InChI is InChI=1S/C42H37F3O5/c1-48-40(46)36-19-9-29(10-20-36)7-8-30(27-31-12-21-37(22-13-31)41(47)49-2)11-18-35-5-3-4-6-39(35)50-28-32-14-16-33(17-15-32)34-23-25-38(26-24-34)42(43,44)45/h3-6,9-26,30H,7-8,27-28H2,1-2H3. The Morgan fingerprint density at radius 2 is 1.18 bits per heavy atom. The molecule has 0 aliphatic carbocycles. The van der Waals surface area contributed by atoms with E-state index in [1.54, 1.807) is 24.3 Å². The average molecular weight is 679 g/mol. The number of hydrogen-bond donors (Lipinski definition) is 0. The highest BCUT2D eigenvalue weighted by atomic mass is 19.4. The van der Waals surface area contributed by atoms with Crippen LogP contribution >= 0.6 is 0 Å². The number of alkyl halides is 3.